The molecule has 11 nitrogen and oxygen atoms in total. The maximum Gasteiger partial charge on any atom is 0.426 e. The minimum atomic E-state index is -5.37. The number of carbonyl (C=O) groups is 3. The minimum absolute atomic E-state index is 0.126. The Morgan fingerprint density at radius 1 is 0.688 bits per heavy atom. The van der Waals surface area contributed by atoms with Crippen LogP contribution in [0.4, 0.5) is 31.1 Å². The zero-order valence-electron chi connectivity index (χ0n) is 26.8. The van der Waals surface area contributed by atoms with E-state index in [9.17, 15) is 40.7 Å². The smallest absolute Gasteiger partial charge is 0.426 e. The van der Waals surface area contributed by atoms with Crippen LogP contribution in [0.15, 0.2) is 45.6 Å². The molecule has 0 fully saturated rings. The summed E-state index contributed by atoms with van der Waals surface area (Å²) in [6, 6.07) is 8.30. The number of nitrogens with zero attached hydrogens (tertiary/aromatic N) is 3. The average Bonchev–Trinajstić information content (AvgIpc) is 2.92. The first kappa shape index (κ1) is 41.1. The Bertz CT molecular complexity index is 1430. The van der Waals surface area contributed by atoms with E-state index >= 15 is 0 Å². The summed E-state index contributed by atoms with van der Waals surface area (Å²) in [5.41, 5.74) is -3.19. The van der Waals surface area contributed by atoms with Crippen LogP contribution >= 0.6 is 31.9 Å². The summed E-state index contributed by atoms with van der Waals surface area (Å²) < 4.78 is 102. The summed E-state index contributed by atoms with van der Waals surface area (Å²) >= 11 is 6.35. The number of alkyl halides is 6. The van der Waals surface area contributed by atoms with Gasteiger partial charge in [-0.3, -0.25) is 14.5 Å². The SMILES string of the molecule is CC(C)(C)OC(=O)N(C(C)(CO[C@](C)(C(N)=O)C(F)(F)F)c1cccc(Br)n1)C(C)(CO[C@](C)(C(N)=O)C(F)(F)F)c1cccc(Br)n1. The molecular weight excluding hydrogens is 788 g/mol. The zero-order chi connectivity index (χ0) is 37.3. The Kier molecular flexibility index (Phi) is 12.1. The van der Waals surface area contributed by atoms with Crippen LogP contribution in [0.25, 0.3) is 0 Å². The maximum absolute atomic E-state index is 14.4. The van der Waals surface area contributed by atoms with Gasteiger partial charge >= 0.3 is 18.4 Å². The van der Waals surface area contributed by atoms with Crippen molar-refractivity contribution in [1.29, 1.82) is 0 Å². The molecule has 3 amide bonds. The van der Waals surface area contributed by atoms with Gasteiger partial charge in [0.05, 0.1) is 24.6 Å². The van der Waals surface area contributed by atoms with Crippen molar-refractivity contribution in [1.82, 2.24) is 14.9 Å². The molecule has 2 aromatic heterocycles. The van der Waals surface area contributed by atoms with E-state index < -0.39 is 71.4 Å². The van der Waals surface area contributed by atoms with Crippen LogP contribution in [-0.4, -0.2) is 75.1 Å². The van der Waals surface area contributed by atoms with E-state index in [0.717, 1.165) is 4.90 Å². The topological polar surface area (TPSA) is 160 Å². The molecular formula is C29H35Br2F6N5O6. The summed E-state index contributed by atoms with van der Waals surface area (Å²) in [5, 5.41) is 0. The van der Waals surface area contributed by atoms with Crippen molar-refractivity contribution in [3.63, 3.8) is 0 Å². The summed E-state index contributed by atoms with van der Waals surface area (Å²) in [6.45, 7) is 5.08. The minimum Gasteiger partial charge on any atom is -0.444 e. The highest BCUT2D eigenvalue weighted by atomic mass is 79.9. The van der Waals surface area contributed by atoms with E-state index in [1.165, 1.54) is 71.0 Å². The first-order valence-electron chi connectivity index (χ1n) is 13.9. The number of halogens is 8. The Morgan fingerprint density at radius 3 is 1.27 bits per heavy atom. The molecule has 0 aliphatic heterocycles. The number of rotatable bonds is 12. The Balaban J connectivity index is 3.09. The molecule has 2 aromatic rings. The molecule has 0 saturated carbocycles. The summed E-state index contributed by atoms with van der Waals surface area (Å²) in [4.78, 5) is 48.1. The van der Waals surface area contributed by atoms with Gasteiger partial charge in [0.2, 0.25) is 11.2 Å². The average molecular weight is 823 g/mol. The van der Waals surface area contributed by atoms with Gasteiger partial charge in [0, 0.05) is 0 Å². The van der Waals surface area contributed by atoms with Gasteiger partial charge in [-0.05, 0) is 105 Å². The van der Waals surface area contributed by atoms with E-state index in [0.29, 0.717) is 13.8 Å². The fourth-order valence-electron chi connectivity index (χ4n) is 4.33. The van der Waals surface area contributed by atoms with Crippen molar-refractivity contribution in [2.75, 3.05) is 13.2 Å². The van der Waals surface area contributed by atoms with Gasteiger partial charge in [0.25, 0.3) is 11.8 Å². The number of nitrogens with two attached hydrogens (primary N) is 2. The Labute approximate surface area is 289 Å². The van der Waals surface area contributed by atoms with Gasteiger partial charge in [-0.1, -0.05) is 12.1 Å². The molecule has 4 N–H and O–H groups in total. The van der Waals surface area contributed by atoms with Gasteiger partial charge in [-0.15, -0.1) is 0 Å². The fraction of sp³-hybridized carbons (Fsp3) is 0.552. The van der Waals surface area contributed by atoms with Gasteiger partial charge < -0.3 is 25.7 Å². The molecule has 0 aliphatic carbocycles. The second-order valence-electron chi connectivity index (χ2n) is 12.4. The van der Waals surface area contributed by atoms with E-state index in [1.54, 1.807) is 0 Å². The predicted molar refractivity (Wildman–Crippen MR) is 166 cm³/mol. The van der Waals surface area contributed by atoms with E-state index in [2.05, 4.69) is 41.8 Å². The number of amides is 3. The number of hydrogen-bond acceptors (Lipinski definition) is 8. The maximum atomic E-state index is 14.4. The predicted octanol–water partition coefficient (Wildman–Crippen LogP) is 6.02. The lowest BCUT2D eigenvalue weighted by atomic mass is 9.85. The Hall–Kier alpha value is -3.03. The van der Waals surface area contributed by atoms with Crippen molar-refractivity contribution in [2.45, 2.75) is 88.7 Å². The fourth-order valence-corrected chi connectivity index (χ4v) is 5.02. The standard InChI is InChI=1S/C29H35Br2F6N5O6/c1-23(2,3)48-22(45)42(24(4,16-10-8-12-18(30)40-16)14-46-26(6,20(38)43)28(32,33)34)25(5,17-11-9-13-19(31)41-17)15-47-27(7,21(39)44)29(35,36)37/h8-13H,14-15H2,1-7H3,(H2,38,43)(H2,39,44)/t24?,25?,26-,27-/m1/s1. The third-order valence-electron chi connectivity index (χ3n) is 7.40. The molecule has 48 heavy (non-hydrogen) atoms. The molecule has 0 bridgehead atoms. The van der Waals surface area contributed by atoms with Crippen LogP contribution in [0.5, 0.6) is 0 Å². The van der Waals surface area contributed by atoms with Crippen LogP contribution < -0.4 is 11.5 Å². The number of ether oxygens (including phenoxy) is 3. The molecule has 2 heterocycles. The number of hydrogen-bond donors (Lipinski definition) is 2. The molecule has 2 unspecified atom stereocenters. The van der Waals surface area contributed by atoms with Crippen LogP contribution in [-0.2, 0) is 34.9 Å². The van der Waals surface area contributed by atoms with Gasteiger partial charge in [0.1, 0.15) is 25.9 Å². The summed E-state index contributed by atoms with van der Waals surface area (Å²) in [7, 11) is 0. The second-order valence-corrected chi connectivity index (χ2v) is 14.0. The normalized spacial score (nSPS) is 17.6. The van der Waals surface area contributed by atoms with Crippen LogP contribution in [0, 0.1) is 0 Å². The van der Waals surface area contributed by atoms with Crippen LogP contribution in [0.3, 0.4) is 0 Å². The van der Waals surface area contributed by atoms with Crippen molar-refractivity contribution < 1.29 is 54.9 Å². The van der Waals surface area contributed by atoms with Crippen molar-refractivity contribution in [2.24, 2.45) is 11.5 Å². The quantitative estimate of drug-likeness (QED) is 0.194. The largest absolute Gasteiger partial charge is 0.444 e. The lowest BCUT2D eigenvalue weighted by Gasteiger charge is -2.51. The van der Waals surface area contributed by atoms with Crippen LogP contribution in [0.1, 0.15) is 59.9 Å². The number of aromatic nitrogens is 2. The monoisotopic (exact) mass is 821 g/mol. The number of primary amides is 2. The Morgan fingerprint density at radius 2 is 1.02 bits per heavy atom. The van der Waals surface area contributed by atoms with Crippen molar-refractivity contribution in [3.8, 4) is 0 Å². The molecule has 4 atom stereocenters. The highest BCUT2D eigenvalue weighted by molar-refractivity contribution is 9.10. The van der Waals surface area contributed by atoms with Crippen molar-refractivity contribution >= 4 is 49.8 Å². The molecule has 268 valence electrons. The van der Waals surface area contributed by atoms with E-state index in [4.69, 9.17) is 25.7 Å². The lowest BCUT2D eigenvalue weighted by molar-refractivity contribution is -0.273. The molecule has 2 rings (SSSR count). The second kappa shape index (κ2) is 14.1. The lowest BCUT2D eigenvalue weighted by Crippen LogP contribution is -2.65. The first-order valence-corrected chi connectivity index (χ1v) is 15.4. The molecule has 0 saturated heterocycles. The third-order valence-corrected chi connectivity index (χ3v) is 8.29. The molecule has 0 aliphatic rings. The number of pyridine rings is 2. The summed E-state index contributed by atoms with van der Waals surface area (Å²) in [5.74, 6) is -3.85. The highest BCUT2D eigenvalue weighted by Gasteiger charge is 2.62. The van der Waals surface area contributed by atoms with Crippen LogP contribution in [0.2, 0.25) is 0 Å². The van der Waals surface area contributed by atoms with Gasteiger partial charge in [-0.25, -0.2) is 14.8 Å². The molecule has 19 heteroatoms. The van der Waals surface area contributed by atoms with E-state index in [-0.39, 0.29) is 20.6 Å². The first-order chi connectivity index (χ1) is 21.5. The number of carbonyl (C=O) groups excluding carboxylic acids is 3. The van der Waals surface area contributed by atoms with E-state index in [1.807, 2.05) is 0 Å². The highest BCUT2D eigenvalue weighted by Crippen LogP contribution is 2.45. The molecule has 0 spiro atoms. The molecule has 0 aromatic carbocycles. The van der Waals surface area contributed by atoms with Gasteiger partial charge in [0.15, 0.2) is 0 Å². The molecule has 0 radical (unpaired) electrons. The third kappa shape index (κ3) is 8.57. The van der Waals surface area contributed by atoms with Crippen molar-refractivity contribution in [3.05, 3.63) is 57.0 Å². The summed E-state index contributed by atoms with van der Waals surface area (Å²) in [6.07, 6.45) is -12.0. The zero-order valence-corrected chi connectivity index (χ0v) is 30.0. The van der Waals surface area contributed by atoms with Gasteiger partial charge in [-0.2, -0.15) is 26.3 Å².